The highest BCUT2D eigenvalue weighted by atomic mass is 79.9. The van der Waals surface area contributed by atoms with Crippen molar-refractivity contribution in [3.05, 3.63) is 108 Å². The van der Waals surface area contributed by atoms with E-state index in [-0.39, 0.29) is 39.5 Å². The number of aryl methyl sites for hydroxylation is 1. The molecule has 2 amide bonds. The Morgan fingerprint density at radius 1 is 0.978 bits per heavy atom. The number of ether oxygens (including phenoxy) is 1. The molecule has 7 atom stereocenters. The number of carbonyl (C=O) groups is 2. The summed E-state index contributed by atoms with van der Waals surface area (Å²) in [5.41, 5.74) is 2.08. The molecule has 46 heavy (non-hydrogen) atoms. The van der Waals surface area contributed by atoms with E-state index in [0.29, 0.717) is 18.8 Å². The van der Waals surface area contributed by atoms with E-state index in [2.05, 4.69) is 27.0 Å². The van der Waals surface area contributed by atoms with E-state index in [9.17, 15) is 27.6 Å². The van der Waals surface area contributed by atoms with Gasteiger partial charge in [0.25, 0.3) is 0 Å². The van der Waals surface area contributed by atoms with Gasteiger partial charge in [-0.1, -0.05) is 63.2 Å². The van der Waals surface area contributed by atoms with Gasteiger partial charge >= 0.3 is 11.0 Å². The average Bonchev–Trinajstić information content (AvgIpc) is 3.75. The van der Waals surface area contributed by atoms with Gasteiger partial charge in [-0.2, -0.15) is 13.2 Å². The Morgan fingerprint density at radius 3 is 2.50 bits per heavy atom. The Hall–Kier alpha value is -3.35. The Bertz CT molecular complexity index is 1980. The third kappa shape index (κ3) is 4.70. The summed E-state index contributed by atoms with van der Waals surface area (Å²) in [7, 11) is 0. The van der Waals surface area contributed by atoms with E-state index in [1.807, 2.05) is 43.3 Å². The maximum atomic E-state index is 14.1. The van der Waals surface area contributed by atoms with E-state index in [0.717, 1.165) is 59.4 Å². The van der Waals surface area contributed by atoms with E-state index < -0.39 is 35.4 Å². The van der Waals surface area contributed by atoms with Gasteiger partial charge in [-0.15, -0.1) is 11.8 Å². The van der Waals surface area contributed by atoms with Crippen molar-refractivity contribution >= 4 is 56.5 Å². The molecule has 0 spiro atoms. The SMILES string of the molecule is Cc1cccc(COc2ccc(Br)cc2C2c3sc(=O)[nH]c3SC3C2[C@H]2C[C@@H]3C3C(=O)N(c4cccc(C(F)(F)F)c4)C(=O)C32)c1. The molecule has 0 radical (unpaired) electrons. The largest absolute Gasteiger partial charge is 0.489 e. The van der Waals surface area contributed by atoms with Gasteiger partial charge in [-0.3, -0.25) is 19.3 Å². The number of thiazole rings is 1. The highest BCUT2D eigenvalue weighted by Crippen LogP contribution is 2.69. The first-order chi connectivity index (χ1) is 22.0. The third-order valence-corrected chi connectivity index (χ3v) is 13.0. The molecule has 4 aliphatic rings. The minimum Gasteiger partial charge on any atom is -0.489 e. The minimum absolute atomic E-state index is 0.0481. The number of rotatable bonds is 5. The highest BCUT2D eigenvalue weighted by Gasteiger charge is 2.70. The van der Waals surface area contributed by atoms with Crippen LogP contribution < -0.4 is 14.5 Å². The van der Waals surface area contributed by atoms with Crippen molar-refractivity contribution in [1.82, 2.24) is 4.98 Å². The molecule has 3 heterocycles. The molecule has 2 aliphatic heterocycles. The van der Waals surface area contributed by atoms with Gasteiger partial charge < -0.3 is 9.72 Å². The molecule has 6 nitrogen and oxygen atoms in total. The summed E-state index contributed by atoms with van der Waals surface area (Å²) in [5, 5.41) is 0.692. The molecule has 3 fully saturated rings. The zero-order valence-corrected chi connectivity index (χ0v) is 27.4. The van der Waals surface area contributed by atoms with Crippen LogP contribution in [0.15, 0.2) is 81.0 Å². The summed E-state index contributed by atoms with van der Waals surface area (Å²) >= 11 is 6.35. The first-order valence-corrected chi connectivity index (χ1v) is 17.4. The number of imide groups is 1. The number of fused-ring (bicyclic) bond motifs is 9. The summed E-state index contributed by atoms with van der Waals surface area (Å²) in [6, 6.07) is 18.3. The van der Waals surface area contributed by atoms with Crippen LogP contribution in [0.25, 0.3) is 0 Å². The summed E-state index contributed by atoms with van der Waals surface area (Å²) < 4.78 is 47.9. The lowest BCUT2D eigenvalue weighted by molar-refractivity contribution is -0.137. The Morgan fingerprint density at radius 2 is 1.74 bits per heavy atom. The van der Waals surface area contributed by atoms with E-state index in [1.165, 1.54) is 12.1 Å². The van der Waals surface area contributed by atoms with Crippen molar-refractivity contribution in [2.45, 2.75) is 42.3 Å². The number of benzene rings is 3. The van der Waals surface area contributed by atoms with Gasteiger partial charge in [0.05, 0.1) is 28.1 Å². The molecule has 2 aliphatic carbocycles. The van der Waals surface area contributed by atoms with Crippen molar-refractivity contribution in [3.8, 4) is 5.75 Å². The number of hydrogen-bond donors (Lipinski definition) is 1. The van der Waals surface area contributed by atoms with Crippen molar-refractivity contribution < 1.29 is 27.5 Å². The maximum Gasteiger partial charge on any atom is 0.416 e. The normalized spacial score (nSPS) is 27.9. The summed E-state index contributed by atoms with van der Waals surface area (Å²) in [6.07, 6.45) is -3.94. The van der Waals surface area contributed by atoms with Crippen LogP contribution in [0.2, 0.25) is 0 Å². The molecule has 8 rings (SSSR count). The first kappa shape index (κ1) is 30.0. The standard InChI is InChI=1S/C34H26BrF3N2O4S2/c1-15-4-2-5-16(10-15)14-44-23-9-8-18(35)12-20(23)24-25-21-13-22(28(25)45-30-29(24)46-33(43)39-30)27-26(21)31(41)40(32(27)42)19-7-3-6-17(11-19)34(36,37)38/h2-12,21-22,24-28H,13-14H2,1H3,(H,39,43)/t21-,22-,24?,25?,26?,27?,28?/m1/s1. The second-order valence-electron chi connectivity index (χ2n) is 12.5. The molecule has 12 heteroatoms. The predicted molar refractivity (Wildman–Crippen MR) is 172 cm³/mol. The third-order valence-electron chi connectivity index (χ3n) is 9.94. The Labute approximate surface area is 278 Å². The number of anilines is 1. The van der Waals surface area contributed by atoms with Gasteiger partial charge in [0.15, 0.2) is 0 Å². The number of thioether (sulfide) groups is 1. The molecule has 1 aromatic heterocycles. The zero-order chi connectivity index (χ0) is 32.1. The van der Waals surface area contributed by atoms with Crippen molar-refractivity contribution in [3.63, 3.8) is 0 Å². The highest BCUT2D eigenvalue weighted by molar-refractivity contribution is 9.10. The summed E-state index contributed by atoms with van der Waals surface area (Å²) in [6.45, 7) is 2.37. The zero-order valence-electron chi connectivity index (χ0n) is 24.2. The van der Waals surface area contributed by atoms with Crippen LogP contribution in [0.1, 0.15) is 39.5 Å². The van der Waals surface area contributed by atoms with Crippen LogP contribution in [0, 0.1) is 36.5 Å². The smallest absolute Gasteiger partial charge is 0.416 e. The molecule has 2 bridgehead atoms. The molecule has 1 saturated heterocycles. The van der Waals surface area contributed by atoms with E-state index in [1.54, 1.807) is 11.8 Å². The van der Waals surface area contributed by atoms with Crippen LogP contribution in [0.4, 0.5) is 18.9 Å². The number of aromatic nitrogens is 1. The average molecular weight is 728 g/mol. The monoisotopic (exact) mass is 726 g/mol. The molecule has 236 valence electrons. The van der Waals surface area contributed by atoms with Crippen molar-refractivity contribution in [1.29, 1.82) is 0 Å². The molecule has 5 unspecified atom stereocenters. The van der Waals surface area contributed by atoms with Gasteiger partial charge in [-0.05, 0) is 73.1 Å². The number of nitrogens with zero attached hydrogens (tertiary/aromatic N) is 1. The number of amides is 2. The second kappa shape index (κ2) is 10.8. The Kier molecular flexibility index (Phi) is 7.08. The van der Waals surface area contributed by atoms with Gasteiger partial charge in [0, 0.05) is 26.1 Å². The van der Waals surface area contributed by atoms with Crippen LogP contribution >= 0.6 is 39.0 Å². The number of alkyl halides is 3. The summed E-state index contributed by atoms with van der Waals surface area (Å²) in [5.74, 6) is -2.20. The molecule has 1 N–H and O–H groups in total. The van der Waals surface area contributed by atoms with E-state index >= 15 is 0 Å². The molecular formula is C34H26BrF3N2O4S2. The minimum atomic E-state index is -4.60. The van der Waals surface area contributed by atoms with Gasteiger partial charge in [0.1, 0.15) is 12.4 Å². The first-order valence-electron chi connectivity index (χ1n) is 14.9. The van der Waals surface area contributed by atoms with Crippen LogP contribution in [0.5, 0.6) is 5.75 Å². The number of aromatic amines is 1. The quantitative estimate of drug-likeness (QED) is 0.213. The van der Waals surface area contributed by atoms with Gasteiger partial charge in [0.2, 0.25) is 11.8 Å². The number of hydrogen-bond acceptors (Lipinski definition) is 6. The second-order valence-corrected chi connectivity index (χ2v) is 15.6. The van der Waals surface area contributed by atoms with Gasteiger partial charge in [-0.25, -0.2) is 0 Å². The van der Waals surface area contributed by atoms with Crippen molar-refractivity contribution in [2.24, 2.45) is 29.6 Å². The number of halogens is 4. The van der Waals surface area contributed by atoms with Crippen molar-refractivity contribution in [2.75, 3.05) is 4.90 Å². The lowest BCUT2D eigenvalue weighted by Crippen LogP contribution is -2.42. The Balaban J connectivity index is 1.19. The fourth-order valence-corrected chi connectivity index (χ4v) is 11.6. The fraction of sp³-hybridized carbons (Fsp3) is 0.324. The molecule has 2 saturated carbocycles. The lowest BCUT2D eigenvalue weighted by atomic mass is 9.68. The molecule has 4 aromatic rings. The number of H-pyrrole nitrogens is 1. The van der Waals surface area contributed by atoms with Crippen LogP contribution in [0.3, 0.4) is 0 Å². The van der Waals surface area contributed by atoms with E-state index in [4.69, 9.17) is 4.74 Å². The van der Waals surface area contributed by atoms with Crippen LogP contribution in [-0.4, -0.2) is 22.0 Å². The van der Waals surface area contributed by atoms with Crippen LogP contribution in [-0.2, 0) is 22.4 Å². The topological polar surface area (TPSA) is 79.5 Å². The lowest BCUT2D eigenvalue weighted by Gasteiger charge is -2.43. The molecular weight excluding hydrogens is 701 g/mol. The maximum absolute atomic E-state index is 14.1. The number of carbonyl (C=O) groups excluding carboxylic acids is 2. The fourth-order valence-electron chi connectivity index (χ4n) is 8.30. The molecule has 3 aromatic carbocycles. The summed E-state index contributed by atoms with van der Waals surface area (Å²) in [4.78, 5) is 45.4. The predicted octanol–water partition coefficient (Wildman–Crippen LogP) is 7.78. The number of nitrogens with one attached hydrogen (secondary N) is 1.